The fourth-order valence-electron chi connectivity index (χ4n) is 3.74. The van der Waals surface area contributed by atoms with Gasteiger partial charge in [0.2, 0.25) is 5.75 Å². The van der Waals surface area contributed by atoms with Crippen LogP contribution in [-0.2, 0) is 6.54 Å². The second-order valence-electron chi connectivity index (χ2n) is 7.70. The number of likely N-dealkylation sites (tertiary alicyclic amines) is 1. The Balaban J connectivity index is 0.00000450. The number of guanidine groups is 1. The van der Waals surface area contributed by atoms with Crippen LogP contribution < -0.4 is 24.8 Å². The zero-order chi connectivity index (χ0) is 21.2. The van der Waals surface area contributed by atoms with Crippen molar-refractivity contribution in [3.8, 4) is 17.2 Å². The summed E-state index contributed by atoms with van der Waals surface area (Å²) in [4.78, 5) is 7.32. The van der Waals surface area contributed by atoms with Crippen LogP contribution >= 0.6 is 24.0 Å². The SMILES string of the molecule is CCNC(=NCc1cc(OC)c(OC)c(OC)c1)NCC(C)N1CCCC(C)C1.I. The number of benzene rings is 1. The minimum Gasteiger partial charge on any atom is -0.493 e. The Morgan fingerprint density at radius 2 is 1.83 bits per heavy atom. The van der Waals surface area contributed by atoms with Crippen molar-refractivity contribution in [3.05, 3.63) is 17.7 Å². The number of halogens is 1. The van der Waals surface area contributed by atoms with Crippen molar-refractivity contribution >= 4 is 29.9 Å². The van der Waals surface area contributed by atoms with Crippen molar-refractivity contribution in [1.29, 1.82) is 0 Å². The molecule has 1 aromatic rings. The molecule has 0 aliphatic carbocycles. The third kappa shape index (κ3) is 7.68. The van der Waals surface area contributed by atoms with E-state index in [2.05, 4.69) is 36.3 Å². The normalized spacial score (nSPS) is 18.2. The van der Waals surface area contributed by atoms with E-state index in [-0.39, 0.29) is 24.0 Å². The maximum atomic E-state index is 5.44. The molecule has 30 heavy (non-hydrogen) atoms. The number of nitrogens with one attached hydrogen (secondary N) is 2. The predicted molar refractivity (Wildman–Crippen MR) is 134 cm³/mol. The topological polar surface area (TPSA) is 67.4 Å². The number of ether oxygens (including phenoxy) is 3. The van der Waals surface area contributed by atoms with Gasteiger partial charge >= 0.3 is 0 Å². The second kappa shape index (κ2) is 13.8. The van der Waals surface area contributed by atoms with E-state index in [0.29, 0.717) is 29.8 Å². The Bertz CT molecular complexity index is 647. The van der Waals surface area contributed by atoms with Crippen LogP contribution in [0.5, 0.6) is 17.2 Å². The molecule has 1 heterocycles. The largest absolute Gasteiger partial charge is 0.493 e. The van der Waals surface area contributed by atoms with Gasteiger partial charge < -0.3 is 24.8 Å². The van der Waals surface area contributed by atoms with Crippen molar-refractivity contribution in [1.82, 2.24) is 15.5 Å². The molecule has 1 aromatic carbocycles. The average Bonchev–Trinajstić information content (AvgIpc) is 2.74. The number of rotatable bonds is 9. The summed E-state index contributed by atoms with van der Waals surface area (Å²) in [5.74, 6) is 3.48. The number of hydrogen-bond acceptors (Lipinski definition) is 5. The molecule has 2 unspecified atom stereocenters. The summed E-state index contributed by atoms with van der Waals surface area (Å²) in [5, 5.41) is 6.83. The number of methoxy groups -OCH3 is 3. The van der Waals surface area contributed by atoms with Crippen LogP contribution in [0.3, 0.4) is 0 Å². The molecule has 0 spiro atoms. The molecule has 0 saturated carbocycles. The van der Waals surface area contributed by atoms with Crippen molar-refractivity contribution in [2.45, 2.75) is 46.2 Å². The summed E-state index contributed by atoms with van der Waals surface area (Å²) in [7, 11) is 4.85. The number of piperidine rings is 1. The lowest BCUT2D eigenvalue weighted by Gasteiger charge is -2.35. The Hall–Kier alpha value is -1.42. The van der Waals surface area contributed by atoms with E-state index < -0.39 is 0 Å². The van der Waals surface area contributed by atoms with Crippen LogP contribution in [-0.4, -0.2) is 64.4 Å². The molecule has 1 aliphatic heterocycles. The summed E-state index contributed by atoms with van der Waals surface area (Å²) >= 11 is 0. The van der Waals surface area contributed by atoms with Gasteiger partial charge in [-0.15, -0.1) is 24.0 Å². The quantitative estimate of drug-likeness (QED) is 0.287. The highest BCUT2D eigenvalue weighted by molar-refractivity contribution is 14.0. The molecular formula is C22H39IN4O3. The van der Waals surface area contributed by atoms with Crippen LogP contribution in [0.4, 0.5) is 0 Å². The molecule has 7 nitrogen and oxygen atoms in total. The Morgan fingerprint density at radius 3 is 2.37 bits per heavy atom. The fourth-order valence-corrected chi connectivity index (χ4v) is 3.74. The Morgan fingerprint density at radius 1 is 1.17 bits per heavy atom. The highest BCUT2D eigenvalue weighted by Gasteiger charge is 2.21. The van der Waals surface area contributed by atoms with Crippen molar-refractivity contribution < 1.29 is 14.2 Å². The molecule has 1 aliphatic rings. The highest BCUT2D eigenvalue weighted by atomic mass is 127. The third-order valence-electron chi connectivity index (χ3n) is 5.37. The predicted octanol–water partition coefficient (Wildman–Crippen LogP) is 3.51. The maximum absolute atomic E-state index is 5.44. The molecule has 0 bridgehead atoms. The van der Waals surface area contributed by atoms with Crippen LogP contribution in [0.2, 0.25) is 0 Å². The van der Waals surface area contributed by atoms with Gasteiger partial charge in [-0.2, -0.15) is 0 Å². The maximum Gasteiger partial charge on any atom is 0.203 e. The monoisotopic (exact) mass is 534 g/mol. The van der Waals surface area contributed by atoms with Gasteiger partial charge in [0, 0.05) is 25.7 Å². The van der Waals surface area contributed by atoms with Crippen molar-refractivity contribution in [2.75, 3.05) is 47.5 Å². The first kappa shape index (κ1) is 26.6. The first-order chi connectivity index (χ1) is 14.0. The van der Waals surface area contributed by atoms with Gasteiger partial charge in [0.05, 0.1) is 27.9 Å². The Labute approximate surface area is 199 Å². The first-order valence-electron chi connectivity index (χ1n) is 10.6. The smallest absolute Gasteiger partial charge is 0.203 e. The van der Waals surface area contributed by atoms with Gasteiger partial charge in [0.1, 0.15) is 0 Å². The van der Waals surface area contributed by atoms with E-state index in [1.807, 2.05) is 12.1 Å². The number of nitrogens with zero attached hydrogens (tertiary/aromatic N) is 2. The minimum absolute atomic E-state index is 0. The molecule has 0 amide bonds. The average molecular weight is 534 g/mol. The zero-order valence-corrected chi connectivity index (χ0v) is 21.6. The van der Waals surface area contributed by atoms with Crippen LogP contribution in [0.1, 0.15) is 39.2 Å². The highest BCUT2D eigenvalue weighted by Crippen LogP contribution is 2.38. The molecule has 2 N–H and O–H groups in total. The molecule has 8 heteroatoms. The van der Waals surface area contributed by atoms with Crippen LogP contribution in [0.15, 0.2) is 17.1 Å². The van der Waals surface area contributed by atoms with E-state index in [4.69, 9.17) is 19.2 Å². The number of hydrogen-bond donors (Lipinski definition) is 2. The summed E-state index contributed by atoms with van der Waals surface area (Å²) in [5.41, 5.74) is 0.995. The second-order valence-corrected chi connectivity index (χ2v) is 7.70. The van der Waals surface area contributed by atoms with Gasteiger partial charge in [0.25, 0.3) is 0 Å². The lowest BCUT2D eigenvalue weighted by Crippen LogP contribution is -2.48. The molecule has 1 fully saturated rings. The van der Waals surface area contributed by atoms with Gasteiger partial charge in [-0.1, -0.05) is 6.92 Å². The van der Waals surface area contributed by atoms with Crippen molar-refractivity contribution in [2.24, 2.45) is 10.9 Å². The molecule has 0 aromatic heterocycles. The number of aliphatic imine (C=N–C) groups is 1. The van der Waals surface area contributed by atoms with Crippen LogP contribution in [0.25, 0.3) is 0 Å². The molecule has 1 saturated heterocycles. The standard InChI is InChI=1S/C22H38N4O3.HI/c1-7-23-22(24-13-17(3)26-10-8-9-16(2)15-26)25-14-18-11-19(27-4)21(29-6)20(12-18)28-5;/h11-12,16-17H,7-10,13-15H2,1-6H3,(H2,23,24,25);1H. The van der Waals surface area contributed by atoms with Gasteiger partial charge in [-0.3, -0.25) is 4.90 Å². The molecule has 2 atom stereocenters. The van der Waals surface area contributed by atoms with E-state index in [1.54, 1.807) is 21.3 Å². The minimum atomic E-state index is 0. The molecule has 0 radical (unpaired) electrons. The molecular weight excluding hydrogens is 495 g/mol. The van der Waals surface area contributed by atoms with E-state index >= 15 is 0 Å². The lowest BCUT2D eigenvalue weighted by molar-refractivity contribution is 0.139. The van der Waals surface area contributed by atoms with Gasteiger partial charge in [-0.05, 0) is 56.8 Å². The summed E-state index contributed by atoms with van der Waals surface area (Å²) in [6, 6.07) is 4.35. The first-order valence-corrected chi connectivity index (χ1v) is 10.6. The van der Waals surface area contributed by atoms with E-state index in [0.717, 1.165) is 30.5 Å². The van der Waals surface area contributed by atoms with Crippen LogP contribution in [0, 0.1) is 5.92 Å². The van der Waals surface area contributed by atoms with Gasteiger partial charge in [0.15, 0.2) is 17.5 Å². The Kier molecular flexibility index (Phi) is 12.2. The lowest BCUT2D eigenvalue weighted by atomic mass is 9.99. The summed E-state index contributed by atoms with van der Waals surface area (Å²) in [6.45, 7) is 11.3. The van der Waals surface area contributed by atoms with Gasteiger partial charge in [-0.25, -0.2) is 4.99 Å². The fraction of sp³-hybridized carbons (Fsp3) is 0.682. The summed E-state index contributed by atoms with van der Waals surface area (Å²) in [6.07, 6.45) is 2.64. The van der Waals surface area contributed by atoms with E-state index in [1.165, 1.54) is 25.9 Å². The summed E-state index contributed by atoms with van der Waals surface area (Å²) < 4.78 is 16.3. The molecule has 172 valence electrons. The van der Waals surface area contributed by atoms with Crippen molar-refractivity contribution in [3.63, 3.8) is 0 Å². The van der Waals surface area contributed by atoms with E-state index in [9.17, 15) is 0 Å². The molecule has 2 rings (SSSR count). The zero-order valence-electron chi connectivity index (χ0n) is 19.3. The third-order valence-corrected chi connectivity index (χ3v) is 5.37.